The molecule has 0 unspecified atom stereocenters. The molecule has 1 heterocycles. The molecular weight excluding hydrogens is 224 g/mol. The van der Waals surface area contributed by atoms with Crippen LogP contribution in [-0.2, 0) is 4.79 Å². The van der Waals surface area contributed by atoms with Gasteiger partial charge in [0, 0.05) is 17.7 Å². The fourth-order valence-corrected chi connectivity index (χ4v) is 1.93. The van der Waals surface area contributed by atoms with Crippen molar-refractivity contribution in [2.24, 2.45) is 0 Å². The number of aromatic carboxylic acids is 1. The van der Waals surface area contributed by atoms with Gasteiger partial charge in [-0.15, -0.1) is 0 Å². The molecule has 1 atom stereocenters. The van der Waals surface area contributed by atoms with E-state index in [0.29, 0.717) is 18.4 Å². The number of nitrogens with two attached hydrogens (primary N) is 1. The minimum atomic E-state index is -1.19. The van der Waals surface area contributed by atoms with E-state index in [-0.39, 0.29) is 28.9 Å². The molecule has 1 aliphatic heterocycles. The fourth-order valence-electron chi connectivity index (χ4n) is 1.93. The van der Waals surface area contributed by atoms with E-state index < -0.39 is 5.97 Å². The van der Waals surface area contributed by atoms with Gasteiger partial charge in [0.1, 0.15) is 5.75 Å². The third-order valence-corrected chi connectivity index (χ3v) is 2.80. The van der Waals surface area contributed by atoms with Crippen molar-refractivity contribution in [3.8, 4) is 5.75 Å². The average molecular weight is 236 g/mol. The van der Waals surface area contributed by atoms with Crippen molar-refractivity contribution in [3.63, 3.8) is 0 Å². The molecule has 1 amide bonds. The molecular formula is C11H12N2O4. The van der Waals surface area contributed by atoms with Crippen LogP contribution in [0.5, 0.6) is 5.75 Å². The topological polar surface area (TPSA) is 113 Å². The first kappa shape index (κ1) is 11.3. The lowest BCUT2D eigenvalue weighted by atomic mass is 10.0. The maximum atomic E-state index is 11.1. The van der Waals surface area contributed by atoms with Crippen LogP contribution < -0.4 is 11.1 Å². The van der Waals surface area contributed by atoms with E-state index in [0.717, 1.165) is 6.07 Å². The Kier molecular flexibility index (Phi) is 2.63. The van der Waals surface area contributed by atoms with E-state index in [4.69, 9.17) is 10.8 Å². The number of carbonyl (C=O) groups is 2. The van der Waals surface area contributed by atoms with Crippen LogP contribution in [0.1, 0.15) is 34.8 Å². The number of carboxylic acids is 1. The number of phenols is 1. The monoisotopic (exact) mass is 236 g/mol. The number of hydrogen-bond donors (Lipinski definition) is 4. The molecule has 90 valence electrons. The van der Waals surface area contributed by atoms with Gasteiger partial charge in [-0.1, -0.05) is 0 Å². The molecule has 2 rings (SSSR count). The highest BCUT2D eigenvalue weighted by Crippen LogP contribution is 2.33. The summed E-state index contributed by atoms with van der Waals surface area (Å²) in [6, 6.07) is 2.21. The molecule has 1 saturated heterocycles. The van der Waals surface area contributed by atoms with E-state index >= 15 is 0 Å². The summed E-state index contributed by atoms with van der Waals surface area (Å²) in [5.41, 5.74) is 5.98. The van der Waals surface area contributed by atoms with Gasteiger partial charge >= 0.3 is 5.97 Å². The predicted octanol–water partition coefficient (Wildman–Crippen LogP) is 0.624. The van der Waals surface area contributed by atoms with Crippen LogP contribution in [0.2, 0.25) is 0 Å². The average Bonchev–Trinajstić information content (AvgIpc) is 2.67. The normalized spacial score (nSPS) is 19.1. The summed E-state index contributed by atoms with van der Waals surface area (Å²) in [6.07, 6.45) is 0.961. The molecule has 0 bridgehead atoms. The lowest BCUT2D eigenvalue weighted by molar-refractivity contribution is -0.119. The number of rotatable bonds is 2. The van der Waals surface area contributed by atoms with Crippen LogP contribution in [0.4, 0.5) is 5.69 Å². The highest BCUT2D eigenvalue weighted by atomic mass is 16.4. The smallest absolute Gasteiger partial charge is 0.337 e. The maximum absolute atomic E-state index is 11.1. The number of amides is 1. The summed E-state index contributed by atoms with van der Waals surface area (Å²) in [7, 11) is 0. The Balaban J connectivity index is 2.39. The molecule has 0 aliphatic carbocycles. The molecule has 1 aromatic rings. The zero-order valence-electron chi connectivity index (χ0n) is 8.93. The fraction of sp³-hybridized carbons (Fsp3) is 0.273. The molecule has 17 heavy (non-hydrogen) atoms. The SMILES string of the molecule is Nc1cc([C@H]2CCC(=O)N2)c(O)cc1C(=O)O. The Bertz CT molecular complexity index is 498. The van der Waals surface area contributed by atoms with Gasteiger partial charge in [-0.05, 0) is 18.6 Å². The highest BCUT2D eigenvalue weighted by molar-refractivity contribution is 5.94. The number of carboxylic acid groups (broad SMARTS) is 1. The summed E-state index contributed by atoms with van der Waals surface area (Å²) in [5, 5.41) is 21.3. The first-order chi connectivity index (χ1) is 7.99. The minimum absolute atomic E-state index is 0.0754. The van der Waals surface area contributed by atoms with E-state index in [9.17, 15) is 14.7 Å². The Labute approximate surface area is 97.1 Å². The van der Waals surface area contributed by atoms with Crippen LogP contribution in [0, 0.1) is 0 Å². The van der Waals surface area contributed by atoms with Crippen LogP contribution in [-0.4, -0.2) is 22.1 Å². The predicted molar refractivity (Wildman–Crippen MR) is 59.6 cm³/mol. The summed E-state index contributed by atoms with van der Waals surface area (Å²) >= 11 is 0. The number of carbonyl (C=O) groups excluding carboxylic acids is 1. The van der Waals surface area contributed by atoms with Gasteiger partial charge in [-0.25, -0.2) is 4.79 Å². The van der Waals surface area contributed by atoms with E-state index in [2.05, 4.69) is 5.32 Å². The van der Waals surface area contributed by atoms with Gasteiger partial charge in [0.05, 0.1) is 11.6 Å². The molecule has 1 aliphatic rings. The second-order valence-electron chi connectivity index (χ2n) is 3.96. The Morgan fingerprint density at radius 2 is 2.18 bits per heavy atom. The number of nitrogens with one attached hydrogen (secondary N) is 1. The van der Waals surface area contributed by atoms with Crippen molar-refractivity contribution >= 4 is 17.6 Å². The second kappa shape index (κ2) is 3.97. The van der Waals surface area contributed by atoms with Crippen molar-refractivity contribution in [2.45, 2.75) is 18.9 Å². The first-order valence-corrected chi connectivity index (χ1v) is 5.14. The van der Waals surface area contributed by atoms with E-state index in [1.165, 1.54) is 6.07 Å². The summed E-state index contributed by atoms with van der Waals surface area (Å²) < 4.78 is 0. The lowest BCUT2D eigenvalue weighted by Crippen LogP contribution is -2.18. The second-order valence-corrected chi connectivity index (χ2v) is 3.96. The van der Waals surface area contributed by atoms with Gasteiger partial charge < -0.3 is 21.3 Å². The molecule has 0 spiro atoms. The van der Waals surface area contributed by atoms with Crippen LogP contribution in [0.15, 0.2) is 12.1 Å². The molecule has 0 saturated carbocycles. The number of benzene rings is 1. The molecule has 5 N–H and O–H groups in total. The molecule has 1 fully saturated rings. The van der Waals surface area contributed by atoms with Crippen molar-refractivity contribution in [1.29, 1.82) is 0 Å². The van der Waals surface area contributed by atoms with Crippen molar-refractivity contribution in [2.75, 3.05) is 5.73 Å². The molecule has 0 aromatic heterocycles. The van der Waals surface area contributed by atoms with Crippen molar-refractivity contribution in [3.05, 3.63) is 23.3 Å². The third-order valence-electron chi connectivity index (χ3n) is 2.80. The summed E-state index contributed by atoms with van der Waals surface area (Å²) in [6.45, 7) is 0. The van der Waals surface area contributed by atoms with Crippen LogP contribution in [0.25, 0.3) is 0 Å². The number of hydrogen-bond acceptors (Lipinski definition) is 4. The van der Waals surface area contributed by atoms with Gasteiger partial charge in [0.25, 0.3) is 0 Å². The number of nitrogen functional groups attached to an aromatic ring is 1. The van der Waals surface area contributed by atoms with Gasteiger partial charge in [0.2, 0.25) is 5.91 Å². The number of anilines is 1. The van der Waals surface area contributed by atoms with Crippen LogP contribution in [0.3, 0.4) is 0 Å². The van der Waals surface area contributed by atoms with Crippen molar-refractivity contribution < 1.29 is 19.8 Å². The summed E-state index contributed by atoms with van der Waals surface area (Å²) in [5.74, 6) is -1.45. The third kappa shape index (κ3) is 2.01. The summed E-state index contributed by atoms with van der Waals surface area (Å²) in [4.78, 5) is 21.9. The molecule has 6 heteroatoms. The number of phenolic OH excluding ortho intramolecular Hbond substituents is 1. The van der Waals surface area contributed by atoms with Gasteiger partial charge in [0.15, 0.2) is 0 Å². The Morgan fingerprint density at radius 3 is 2.71 bits per heavy atom. The van der Waals surface area contributed by atoms with Crippen molar-refractivity contribution in [1.82, 2.24) is 5.32 Å². The Morgan fingerprint density at radius 1 is 1.47 bits per heavy atom. The minimum Gasteiger partial charge on any atom is -0.508 e. The van der Waals surface area contributed by atoms with E-state index in [1.807, 2.05) is 0 Å². The standard InChI is InChI=1S/C11H12N2O4/c12-7-3-6(8-1-2-10(15)13-8)9(14)4-5(7)11(16)17/h3-4,8,14H,1-2,12H2,(H,13,15)(H,16,17)/t8-/m1/s1. The quantitative estimate of drug-likeness (QED) is 0.444. The molecule has 6 nitrogen and oxygen atoms in total. The maximum Gasteiger partial charge on any atom is 0.337 e. The molecule has 1 aromatic carbocycles. The molecule has 0 radical (unpaired) electrons. The van der Waals surface area contributed by atoms with Crippen LogP contribution >= 0.6 is 0 Å². The Hall–Kier alpha value is -2.24. The van der Waals surface area contributed by atoms with Gasteiger partial charge in [-0.3, -0.25) is 4.79 Å². The zero-order valence-corrected chi connectivity index (χ0v) is 8.93. The first-order valence-electron chi connectivity index (χ1n) is 5.14. The highest BCUT2D eigenvalue weighted by Gasteiger charge is 2.26. The zero-order chi connectivity index (χ0) is 12.6. The van der Waals surface area contributed by atoms with Gasteiger partial charge in [-0.2, -0.15) is 0 Å². The largest absolute Gasteiger partial charge is 0.508 e. The number of aromatic hydroxyl groups is 1. The van der Waals surface area contributed by atoms with E-state index in [1.54, 1.807) is 0 Å². The lowest BCUT2D eigenvalue weighted by Gasteiger charge is -2.14.